The molecule has 1 aliphatic carbocycles. The van der Waals surface area contributed by atoms with Crippen LogP contribution in [0, 0.1) is 0 Å². The molecule has 3 rings (SSSR count). The van der Waals surface area contributed by atoms with Crippen molar-refractivity contribution in [1.29, 1.82) is 0 Å². The lowest BCUT2D eigenvalue weighted by molar-refractivity contribution is 0.0304. The Morgan fingerprint density at radius 3 is 2.19 bits per heavy atom. The summed E-state index contributed by atoms with van der Waals surface area (Å²) in [7, 11) is 0. The number of esters is 1. The van der Waals surface area contributed by atoms with E-state index in [2.05, 4.69) is 37.7 Å². The summed E-state index contributed by atoms with van der Waals surface area (Å²) in [4.78, 5) is 22.3. The van der Waals surface area contributed by atoms with Gasteiger partial charge in [-0.05, 0) is 66.0 Å². The third-order valence-corrected chi connectivity index (χ3v) is 6.17. The van der Waals surface area contributed by atoms with Gasteiger partial charge in [0.1, 0.15) is 0 Å². The van der Waals surface area contributed by atoms with Crippen LogP contribution in [0.25, 0.3) is 0 Å². The Morgan fingerprint density at radius 2 is 1.61 bits per heavy atom. The fraction of sp³-hybridized carbons (Fsp3) is 0.440. The molecule has 0 atom stereocenters. The standard InChI is InChI=1S/C25H29F2NO3/c1-6-31-22(30)25(26,27)17-8-10-18(11-9-17)28-21(29)16-7-12-19-20(15-16)24(4,5)14-13-23(19,2)3/h7-12,15H,6,13-14H2,1-5H3,(H,28,29)/p+1. The van der Waals surface area contributed by atoms with E-state index in [9.17, 15) is 18.4 Å². The summed E-state index contributed by atoms with van der Waals surface area (Å²) in [6, 6.07) is 10.9. The van der Waals surface area contributed by atoms with E-state index in [0.717, 1.165) is 25.0 Å². The zero-order valence-corrected chi connectivity index (χ0v) is 18.7. The van der Waals surface area contributed by atoms with E-state index < -0.39 is 17.5 Å². The van der Waals surface area contributed by atoms with Crippen molar-refractivity contribution in [1.82, 2.24) is 0 Å². The summed E-state index contributed by atoms with van der Waals surface area (Å²) in [5.74, 6) is -5.27. The van der Waals surface area contributed by atoms with Gasteiger partial charge in [-0.2, -0.15) is 8.78 Å². The molecule has 0 bridgehead atoms. The summed E-state index contributed by atoms with van der Waals surface area (Å²) in [6.07, 6.45) is 2.13. The molecule has 2 aromatic rings. The number of alkyl halides is 2. The second-order valence-corrected chi connectivity index (χ2v) is 9.37. The summed E-state index contributed by atoms with van der Waals surface area (Å²) in [5, 5.41) is 2.76. The van der Waals surface area contributed by atoms with Gasteiger partial charge in [0.25, 0.3) is 5.91 Å². The number of rotatable bonds is 5. The molecular formula is C25H30F2NO3+. The molecule has 1 amide bonds. The van der Waals surface area contributed by atoms with Gasteiger partial charge in [0, 0.05) is 16.8 Å². The van der Waals surface area contributed by atoms with Gasteiger partial charge in [-0.25, -0.2) is 0 Å². The number of hydrogen-bond donors (Lipinski definition) is 1. The van der Waals surface area contributed by atoms with Crippen molar-refractivity contribution in [3.63, 3.8) is 0 Å². The van der Waals surface area contributed by atoms with Crippen LogP contribution in [0.15, 0.2) is 42.5 Å². The van der Waals surface area contributed by atoms with Crippen LogP contribution in [-0.4, -0.2) is 23.3 Å². The molecule has 0 aliphatic heterocycles. The predicted molar refractivity (Wildman–Crippen MR) is 119 cm³/mol. The number of benzene rings is 2. The van der Waals surface area contributed by atoms with Gasteiger partial charge >= 0.3 is 11.9 Å². The van der Waals surface area contributed by atoms with Gasteiger partial charge in [-0.15, -0.1) is 0 Å². The third-order valence-electron chi connectivity index (χ3n) is 6.17. The summed E-state index contributed by atoms with van der Waals surface area (Å²) in [6.45, 7) is 10.3. The van der Waals surface area contributed by atoms with Gasteiger partial charge in [0.15, 0.2) is 6.61 Å². The number of anilines is 1. The molecular weight excluding hydrogens is 400 g/mol. The fourth-order valence-electron chi connectivity index (χ4n) is 4.05. The zero-order valence-electron chi connectivity index (χ0n) is 18.7. The third kappa shape index (κ3) is 4.48. The molecule has 166 valence electrons. The van der Waals surface area contributed by atoms with E-state index in [-0.39, 0.29) is 23.3 Å². The van der Waals surface area contributed by atoms with Crippen molar-refractivity contribution in [3.8, 4) is 0 Å². The number of fused-ring (bicyclic) bond motifs is 1. The van der Waals surface area contributed by atoms with E-state index in [1.54, 1.807) is 0 Å². The van der Waals surface area contributed by atoms with Crippen molar-refractivity contribution in [2.75, 3.05) is 11.9 Å². The highest BCUT2D eigenvalue weighted by Gasteiger charge is 2.49. The van der Waals surface area contributed by atoms with Crippen LogP contribution in [0.4, 0.5) is 14.5 Å². The van der Waals surface area contributed by atoms with Gasteiger partial charge in [0.2, 0.25) is 0 Å². The van der Waals surface area contributed by atoms with Gasteiger partial charge in [0.05, 0.1) is 0 Å². The molecule has 6 heteroatoms. The largest absolute Gasteiger partial charge is 0.560 e. The summed E-state index contributed by atoms with van der Waals surface area (Å²) in [5.41, 5.74) is 2.97. The number of nitrogens with one attached hydrogen (secondary N) is 1. The summed E-state index contributed by atoms with van der Waals surface area (Å²) < 4.78 is 32.9. The molecule has 31 heavy (non-hydrogen) atoms. The molecule has 0 aromatic heterocycles. The first-order chi connectivity index (χ1) is 14.4. The molecule has 1 aliphatic rings. The van der Waals surface area contributed by atoms with Crippen LogP contribution in [0.5, 0.6) is 0 Å². The second kappa shape index (κ2) is 8.06. The number of carbonyl (C=O) groups excluding carboxylic acids is 2. The van der Waals surface area contributed by atoms with Crippen LogP contribution in [0.3, 0.4) is 0 Å². The van der Waals surface area contributed by atoms with Gasteiger partial charge in [-0.1, -0.05) is 45.9 Å². The Balaban J connectivity index is 1.80. The Kier molecular flexibility index (Phi) is 5.96. The second-order valence-electron chi connectivity index (χ2n) is 9.37. The number of carbonyl (C=O) groups is 1. The monoisotopic (exact) mass is 430 g/mol. The minimum atomic E-state index is -3.63. The SMILES string of the molecule is CCOC(=[OH+])C(F)(F)c1ccc(NC(=O)c2ccc3c(c2)C(C)(C)CCC3(C)C)cc1. The Bertz CT molecular complexity index is 994. The number of halogens is 2. The molecule has 0 heterocycles. The Labute approximate surface area is 182 Å². The van der Waals surface area contributed by atoms with Crippen molar-refractivity contribution in [2.45, 2.75) is 64.2 Å². The highest BCUT2D eigenvalue weighted by atomic mass is 19.3. The normalized spacial score (nSPS) is 16.9. The maximum Gasteiger partial charge on any atom is 0.560 e. The molecule has 0 saturated heterocycles. The van der Waals surface area contributed by atoms with Crippen molar-refractivity contribution in [2.24, 2.45) is 0 Å². The van der Waals surface area contributed by atoms with Crippen molar-refractivity contribution in [3.05, 3.63) is 64.7 Å². The lowest BCUT2D eigenvalue weighted by atomic mass is 9.63. The lowest BCUT2D eigenvalue weighted by Gasteiger charge is -2.42. The predicted octanol–water partition coefficient (Wildman–Crippen LogP) is 5.92. The van der Waals surface area contributed by atoms with Crippen LogP contribution < -0.4 is 5.32 Å². The van der Waals surface area contributed by atoms with E-state index >= 15 is 0 Å². The van der Waals surface area contributed by atoms with Crippen molar-refractivity contribution < 1.29 is 23.1 Å². The maximum absolute atomic E-state index is 14.2. The molecule has 2 N–H and O–H groups in total. The highest BCUT2D eigenvalue weighted by molar-refractivity contribution is 6.04. The zero-order chi connectivity index (χ0) is 23.0. The van der Waals surface area contributed by atoms with E-state index in [4.69, 9.17) is 0 Å². The van der Waals surface area contributed by atoms with Gasteiger partial charge in [-0.3, -0.25) is 4.79 Å². The van der Waals surface area contributed by atoms with E-state index in [0.29, 0.717) is 11.3 Å². The van der Waals surface area contributed by atoms with E-state index in [1.165, 1.54) is 30.2 Å². The average Bonchev–Trinajstić information content (AvgIpc) is 2.72. The fourth-order valence-corrected chi connectivity index (χ4v) is 4.05. The van der Waals surface area contributed by atoms with Crippen LogP contribution in [0.2, 0.25) is 0 Å². The highest BCUT2D eigenvalue weighted by Crippen LogP contribution is 2.46. The molecule has 0 radical (unpaired) electrons. The van der Waals surface area contributed by atoms with E-state index in [1.807, 2.05) is 18.2 Å². The molecule has 2 aromatic carbocycles. The number of ether oxygens (including phenoxy) is 1. The molecule has 0 saturated carbocycles. The first kappa shape index (κ1) is 22.9. The molecule has 4 nitrogen and oxygen atoms in total. The minimum Gasteiger partial charge on any atom is -0.334 e. The molecule has 0 spiro atoms. The first-order valence-corrected chi connectivity index (χ1v) is 10.5. The maximum atomic E-state index is 14.2. The quantitative estimate of drug-likeness (QED) is 0.473. The summed E-state index contributed by atoms with van der Waals surface area (Å²) >= 11 is 0. The van der Waals surface area contributed by atoms with Crippen molar-refractivity contribution >= 4 is 17.6 Å². The minimum absolute atomic E-state index is 0.0204. The molecule has 0 unspecified atom stereocenters. The topological polar surface area (TPSA) is 59.7 Å². The lowest BCUT2D eigenvalue weighted by Crippen LogP contribution is -2.34. The smallest absolute Gasteiger partial charge is 0.334 e. The van der Waals surface area contributed by atoms with Crippen LogP contribution in [-0.2, 0) is 21.5 Å². The van der Waals surface area contributed by atoms with Crippen LogP contribution in [0.1, 0.15) is 74.5 Å². The Hall–Kier alpha value is -2.76. The Morgan fingerprint density at radius 1 is 1.03 bits per heavy atom. The van der Waals surface area contributed by atoms with Crippen LogP contribution >= 0.6 is 0 Å². The average molecular weight is 431 g/mol. The van der Waals surface area contributed by atoms with Gasteiger partial charge < -0.3 is 14.8 Å². The number of amides is 1. The molecule has 0 fully saturated rings. The first-order valence-electron chi connectivity index (χ1n) is 10.5. The number of hydrogen-bond acceptors (Lipinski definition) is 2.